The Kier molecular flexibility index (Phi) is 9.25. The first-order valence-electron chi connectivity index (χ1n) is 11.8. The van der Waals surface area contributed by atoms with Crippen molar-refractivity contribution >= 4 is 24.0 Å². The summed E-state index contributed by atoms with van der Waals surface area (Å²) in [6.45, 7) is 4.65. The van der Waals surface area contributed by atoms with Gasteiger partial charge >= 0.3 is 0 Å². The van der Waals surface area contributed by atoms with Gasteiger partial charge in [-0.15, -0.1) is 0 Å². The van der Waals surface area contributed by atoms with Gasteiger partial charge in [0.05, 0.1) is 20.8 Å². The first-order valence-corrected chi connectivity index (χ1v) is 13.5. The smallest absolute Gasteiger partial charge is 0.258 e. The molecule has 7 heteroatoms. The van der Waals surface area contributed by atoms with E-state index in [-0.39, 0.29) is 0 Å². The molecule has 0 unspecified atom stereocenters. The fourth-order valence-corrected chi connectivity index (χ4v) is 6.20. The Labute approximate surface area is 209 Å². The molecule has 0 radical (unpaired) electrons. The highest BCUT2D eigenvalue weighted by Gasteiger charge is 2.39. The van der Waals surface area contributed by atoms with E-state index < -0.39 is 13.2 Å². The summed E-state index contributed by atoms with van der Waals surface area (Å²) < 4.78 is 32.5. The van der Waals surface area contributed by atoms with Crippen LogP contribution in [0.3, 0.4) is 0 Å². The monoisotopic (exact) mass is 496 g/mol. The molecule has 0 amide bonds. The number of rotatable bonds is 12. The number of ether oxygens (including phenoxy) is 2. The van der Waals surface area contributed by atoms with Gasteiger partial charge in [-0.3, -0.25) is 4.57 Å². The van der Waals surface area contributed by atoms with E-state index in [1.165, 1.54) is 0 Å². The summed E-state index contributed by atoms with van der Waals surface area (Å²) in [6, 6.07) is 23.1. The largest absolute Gasteiger partial charge is 0.497 e. The van der Waals surface area contributed by atoms with E-state index in [2.05, 4.69) is 19.2 Å². The topological polar surface area (TPSA) is 60.0 Å². The molecule has 6 nitrogen and oxygen atoms in total. The Hall–Kier alpha value is -2.95. The standard InChI is InChI=1S/C28H37N2O4P/c1-21(2)18-19-34-35(31,25-15-12-23(13-16-25)30(3)4)28(29-22-10-8-7-9-11-22)26-17-14-24(32-5)20-27(26)33-6/h7-17,20-21,28-29H,18-19H2,1-6H3/t28-,35+/m0/s1. The third kappa shape index (κ3) is 6.59. The maximum atomic E-state index is 15.0. The zero-order valence-corrected chi connectivity index (χ0v) is 22.4. The summed E-state index contributed by atoms with van der Waals surface area (Å²) in [6.07, 6.45) is 0.803. The molecule has 2 atom stereocenters. The predicted octanol–water partition coefficient (Wildman–Crippen LogP) is 6.55. The molecule has 188 valence electrons. The van der Waals surface area contributed by atoms with E-state index in [9.17, 15) is 0 Å². The van der Waals surface area contributed by atoms with Crippen LogP contribution in [0.2, 0.25) is 0 Å². The molecule has 0 heterocycles. The molecule has 0 aliphatic carbocycles. The van der Waals surface area contributed by atoms with E-state index in [1.807, 2.05) is 91.8 Å². The second kappa shape index (κ2) is 12.1. The van der Waals surface area contributed by atoms with Gasteiger partial charge in [0.25, 0.3) is 7.37 Å². The van der Waals surface area contributed by atoms with Crippen molar-refractivity contribution in [2.24, 2.45) is 5.92 Å². The predicted molar refractivity (Wildman–Crippen MR) is 146 cm³/mol. The molecular weight excluding hydrogens is 459 g/mol. The highest BCUT2D eigenvalue weighted by atomic mass is 31.2. The van der Waals surface area contributed by atoms with Crippen molar-refractivity contribution in [2.45, 2.75) is 26.1 Å². The lowest BCUT2D eigenvalue weighted by Gasteiger charge is -2.31. The fraction of sp³-hybridized carbons (Fsp3) is 0.357. The van der Waals surface area contributed by atoms with Gasteiger partial charge in [0.15, 0.2) is 0 Å². The van der Waals surface area contributed by atoms with Crippen LogP contribution < -0.4 is 25.0 Å². The van der Waals surface area contributed by atoms with E-state index >= 15 is 4.57 Å². The highest BCUT2D eigenvalue weighted by Crippen LogP contribution is 2.60. The van der Waals surface area contributed by atoms with Crippen molar-refractivity contribution < 1.29 is 18.6 Å². The molecule has 0 fully saturated rings. The summed E-state index contributed by atoms with van der Waals surface area (Å²) in [5.41, 5.74) is 2.60. The molecule has 3 aromatic carbocycles. The van der Waals surface area contributed by atoms with Gasteiger partial charge < -0.3 is 24.2 Å². The number of para-hydroxylation sites is 1. The first-order chi connectivity index (χ1) is 16.8. The zero-order chi connectivity index (χ0) is 25.4. The molecule has 0 bridgehead atoms. The van der Waals surface area contributed by atoms with Crippen LogP contribution in [0.4, 0.5) is 11.4 Å². The minimum absolute atomic E-state index is 0.385. The average Bonchev–Trinajstić information content (AvgIpc) is 2.87. The second-order valence-electron chi connectivity index (χ2n) is 9.04. The van der Waals surface area contributed by atoms with Gasteiger partial charge in [0.2, 0.25) is 0 Å². The molecule has 0 saturated heterocycles. The van der Waals surface area contributed by atoms with Crippen molar-refractivity contribution in [3.63, 3.8) is 0 Å². The molecule has 0 saturated carbocycles. The molecule has 0 spiro atoms. The van der Waals surface area contributed by atoms with E-state index in [1.54, 1.807) is 14.2 Å². The van der Waals surface area contributed by atoms with Gasteiger partial charge in [-0.1, -0.05) is 32.0 Å². The maximum absolute atomic E-state index is 15.0. The summed E-state index contributed by atoms with van der Waals surface area (Å²) in [4.78, 5) is 2.01. The Morgan fingerprint density at radius 3 is 2.17 bits per heavy atom. The fourth-order valence-electron chi connectivity index (χ4n) is 3.76. The Bertz CT molecular complexity index is 1120. The van der Waals surface area contributed by atoms with Crippen LogP contribution in [0.5, 0.6) is 11.5 Å². The van der Waals surface area contributed by atoms with Crippen LogP contribution in [0.25, 0.3) is 0 Å². The lowest BCUT2D eigenvalue weighted by molar-refractivity contribution is 0.289. The maximum Gasteiger partial charge on any atom is 0.258 e. The number of hydrogen-bond acceptors (Lipinski definition) is 6. The molecule has 3 rings (SSSR count). The van der Waals surface area contributed by atoms with Gasteiger partial charge in [0, 0.05) is 42.4 Å². The molecule has 0 aliphatic heterocycles. The van der Waals surface area contributed by atoms with Crippen molar-refractivity contribution in [1.29, 1.82) is 0 Å². The number of nitrogens with zero attached hydrogens (tertiary/aromatic N) is 1. The molecule has 1 N–H and O–H groups in total. The Balaban J connectivity index is 2.17. The van der Waals surface area contributed by atoms with Crippen molar-refractivity contribution in [1.82, 2.24) is 0 Å². The summed E-state index contributed by atoms with van der Waals surface area (Å²) in [7, 11) is 3.69. The van der Waals surface area contributed by atoms with Gasteiger partial charge in [0.1, 0.15) is 17.3 Å². The third-order valence-electron chi connectivity index (χ3n) is 5.86. The number of methoxy groups -OCH3 is 2. The van der Waals surface area contributed by atoms with Crippen molar-refractivity contribution in [3.05, 3.63) is 78.4 Å². The number of anilines is 2. The number of nitrogens with one attached hydrogen (secondary N) is 1. The minimum Gasteiger partial charge on any atom is -0.497 e. The van der Waals surface area contributed by atoms with Gasteiger partial charge in [-0.05, 0) is 60.9 Å². The van der Waals surface area contributed by atoms with E-state index in [0.29, 0.717) is 29.3 Å². The third-order valence-corrected chi connectivity index (χ3v) is 8.53. The first kappa shape index (κ1) is 26.7. The van der Waals surface area contributed by atoms with Crippen LogP contribution >= 0.6 is 7.37 Å². The van der Waals surface area contributed by atoms with Gasteiger partial charge in [-0.2, -0.15) is 0 Å². The lowest BCUT2D eigenvalue weighted by atomic mass is 10.1. The van der Waals surface area contributed by atoms with Crippen LogP contribution in [-0.4, -0.2) is 34.9 Å². The van der Waals surface area contributed by atoms with E-state index in [4.69, 9.17) is 14.0 Å². The van der Waals surface area contributed by atoms with Crippen LogP contribution in [0.15, 0.2) is 72.8 Å². The van der Waals surface area contributed by atoms with Crippen LogP contribution in [0, 0.1) is 5.92 Å². The van der Waals surface area contributed by atoms with Crippen LogP contribution in [0.1, 0.15) is 31.6 Å². The lowest BCUT2D eigenvalue weighted by Crippen LogP contribution is -2.22. The summed E-state index contributed by atoms with van der Waals surface area (Å²) in [5, 5.41) is 4.15. The quantitative estimate of drug-likeness (QED) is 0.287. The molecule has 0 aromatic heterocycles. The molecule has 0 aliphatic rings. The highest BCUT2D eigenvalue weighted by molar-refractivity contribution is 7.67. The van der Waals surface area contributed by atoms with Crippen molar-refractivity contribution in [3.8, 4) is 11.5 Å². The Morgan fingerprint density at radius 1 is 0.914 bits per heavy atom. The summed E-state index contributed by atoms with van der Waals surface area (Å²) >= 11 is 0. The second-order valence-corrected chi connectivity index (χ2v) is 11.5. The molecular formula is C28H37N2O4P. The van der Waals surface area contributed by atoms with Crippen molar-refractivity contribution in [2.75, 3.05) is 45.1 Å². The summed E-state index contributed by atoms with van der Waals surface area (Å²) in [5.74, 6) is 0.990. The van der Waals surface area contributed by atoms with Crippen LogP contribution in [-0.2, 0) is 9.09 Å². The molecule has 35 heavy (non-hydrogen) atoms. The average molecular weight is 497 g/mol. The number of benzene rings is 3. The normalized spacial score (nSPS) is 13.7. The molecule has 3 aromatic rings. The van der Waals surface area contributed by atoms with Gasteiger partial charge in [-0.25, -0.2) is 0 Å². The number of hydrogen-bond donors (Lipinski definition) is 1. The SMILES string of the molecule is COc1ccc([C@@H](Nc2ccccc2)[P@](=O)(OCCC(C)C)c2ccc(N(C)C)cc2)c(OC)c1. The minimum atomic E-state index is -3.49. The Morgan fingerprint density at radius 2 is 1.60 bits per heavy atom. The van der Waals surface area contributed by atoms with E-state index in [0.717, 1.165) is 23.4 Å². The zero-order valence-electron chi connectivity index (χ0n) is 21.5.